The maximum absolute atomic E-state index is 12.5. The number of cyclic esters (lactones) is 1. The second kappa shape index (κ2) is 28.7. The number of rotatable bonds is 3. The molecule has 0 unspecified atom stereocenters. The zero-order valence-electron chi connectivity index (χ0n) is 37.7. The number of allylic oxidation sites excluding steroid dienone is 10. The lowest BCUT2D eigenvalue weighted by atomic mass is 9.87. The van der Waals surface area contributed by atoms with Crippen molar-refractivity contribution in [2.24, 2.45) is 11.7 Å². The Morgan fingerprint density at radius 3 is 2.08 bits per heavy atom. The lowest BCUT2D eigenvalue weighted by molar-refractivity contribution is -0.299. The minimum Gasteiger partial charge on any atom is -0.462 e. The quantitative estimate of drug-likeness (QED) is 0.164. The van der Waals surface area contributed by atoms with Gasteiger partial charge in [0.2, 0.25) is 0 Å². The number of nitrogens with one attached hydrogen (secondary N) is 2. The van der Waals surface area contributed by atoms with Crippen molar-refractivity contribution in [1.29, 1.82) is 0 Å². The minimum atomic E-state index is -2.22. The van der Waals surface area contributed by atoms with E-state index in [0.29, 0.717) is 0 Å². The Kier molecular flexibility index (Phi) is 24.7. The molecule has 3 heterocycles. The fraction of sp³-hybridized carbons (Fsp3) is 0.696. The standard InChI is InChI=1S/C46H75N3O16/c1-28-16-14-12-10-8-6-4-5-7-9-11-13-15-17-33(64-44-43(59)41(47)38(57)27-62-44)24-39-42(49-45(60)48-3)37(56)26-46(61,65-39)25-32(52)22-36(55)34(53)19-18-30(50)21-31(51)23-40(58)63-29(2)20-35(28)54/h4-5,7,9-17,28-39,41-44,50-57,59,61H,6,8,18-27,47H2,1-3H3,(H2,48,49,60)/b5-4+,9-7+,12-10+,13-11+,16-14+,17-15+/t28-,29-,30+,31+,32-,33-,34+,35-,36+,37-,38+,39-,41-,42+,43-,44-,46+/m0/s1. The maximum Gasteiger partial charge on any atom is 0.314 e. The number of esters is 1. The van der Waals surface area contributed by atoms with Gasteiger partial charge >= 0.3 is 12.0 Å². The third kappa shape index (κ3) is 20.6. The summed E-state index contributed by atoms with van der Waals surface area (Å²) in [5.41, 5.74) is 5.98. The Morgan fingerprint density at radius 2 is 1.38 bits per heavy atom. The molecule has 17 atom stereocenters. The van der Waals surface area contributed by atoms with Gasteiger partial charge in [-0.25, -0.2) is 4.79 Å². The summed E-state index contributed by atoms with van der Waals surface area (Å²) >= 11 is 0. The predicted octanol–water partition coefficient (Wildman–Crippen LogP) is -0.102. The van der Waals surface area contributed by atoms with Gasteiger partial charge in [0.25, 0.3) is 0 Å². The Bertz CT molecular complexity index is 1590. The molecular weight excluding hydrogens is 851 g/mol. The van der Waals surface area contributed by atoms with Crippen LogP contribution in [-0.2, 0) is 23.7 Å². The second-order valence-corrected chi connectivity index (χ2v) is 17.4. The average Bonchev–Trinajstić information content (AvgIpc) is 3.23. The Hall–Kier alpha value is -3.38. The minimum absolute atomic E-state index is 0.0824. The fourth-order valence-electron chi connectivity index (χ4n) is 7.74. The number of fused-ring (bicyclic) bond motifs is 2. The monoisotopic (exact) mass is 926 g/mol. The van der Waals surface area contributed by atoms with Crippen LogP contribution in [0.5, 0.6) is 0 Å². The first-order valence-electron chi connectivity index (χ1n) is 22.5. The van der Waals surface area contributed by atoms with E-state index in [1.807, 2.05) is 49.5 Å². The van der Waals surface area contributed by atoms with Gasteiger partial charge in [0.15, 0.2) is 12.1 Å². The summed E-state index contributed by atoms with van der Waals surface area (Å²) in [5, 5.41) is 113. The molecule has 370 valence electrons. The average molecular weight is 926 g/mol. The molecule has 3 aliphatic heterocycles. The van der Waals surface area contributed by atoms with E-state index >= 15 is 0 Å². The van der Waals surface area contributed by atoms with Gasteiger partial charge < -0.3 is 86.4 Å². The summed E-state index contributed by atoms with van der Waals surface area (Å²) in [6, 6.07) is -2.88. The molecule has 3 aliphatic rings. The maximum atomic E-state index is 12.5. The Balaban J connectivity index is 1.84. The Labute approximate surface area is 381 Å². The highest BCUT2D eigenvalue weighted by Crippen LogP contribution is 2.35. The number of urea groups is 1. The second-order valence-electron chi connectivity index (χ2n) is 17.4. The number of carbonyl (C=O) groups excluding carboxylic acids is 2. The molecule has 0 aromatic carbocycles. The van der Waals surface area contributed by atoms with Crippen LogP contribution in [0.3, 0.4) is 0 Å². The molecule has 2 fully saturated rings. The number of hydrogen-bond acceptors (Lipinski definition) is 17. The number of ether oxygens (including phenoxy) is 4. The summed E-state index contributed by atoms with van der Waals surface area (Å²) < 4.78 is 23.2. The van der Waals surface area contributed by atoms with Crippen LogP contribution >= 0.6 is 0 Å². The van der Waals surface area contributed by atoms with Crippen LogP contribution in [0, 0.1) is 5.92 Å². The highest BCUT2D eigenvalue weighted by molar-refractivity contribution is 5.74. The van der Waals surface area contributed by atoms with Crippen LogP contribution in [0.4, 0.5) is 4.79 Å². The largest absolute Gasteiger partial charge is 0.462 e. The van der Waals surface area contributed by atoms with Gasteiger partial charge in [-0.2, -0.15) is 0 Å². The fourth-order valence-corrected chi connectivity index (χ4v) is 7.74. The number of nitrogens with two attached hydrogens (primary N) is 1. The van der Waals surface area contributed by atoms with E-state index in [-0.39, 0.29) is 44.6 Å². The van der Waals surface area contributed by atoms with Gasteiger partial charge in [-0.3, -0.25) is 4.79 Å². The van der Waals surface area contributed by atoms with E-state index in [4.69, 9.17) is 24.7 Å². The summed E-state index contributed by atoms with van der Waals surface area (Å²) in [6.07, 6.45) is 5.14. The van der Waals surface area contributed by atoms with Crippen molar-refractivity contribution in [2.75, 3.05) is 13.7 Å². The number of aliphatic hydroxyl groups excluding tert-OH is 9. The molecule has 3 rings (SSSR count). The summed E-state index contributed by atoms with van der Waals surface area (Å²) in [4.78, 5) is 25.0. The van der Waals surface area contributed by atoms with Gasteiger partial charge in [-0.05, 0) is 39.0 Å². The van der Waals surface area contributed by atoms with Crippen molar-refractivity contribution >= 4 is 12.0 Å². The van der Waals surface area contributed by atoms with Crippen molar-refractivity contribution in [1.82, 2.24) is 10.6 Å². The normalized spacial score (nSPS) is 42.8. The van der Waals surface area contributed by atoms with Crippen molar-refractivity contribution in [3.05, 3.63) is 72.9 Å². The van der Waals surface area contributed by atoms with Gasteiger partial charge in [0.1, 0.15) is 12.2 Å². The lowest BCUT2D eigenvalue weighted by Gasteiger charge is -2.46. The topological polar surface area (TPSA) is 323 Å². The molecule has 0 aromatic rings. The molecule has 14 N–H and O–H groups in total. The van der Waals surface area contributed by atoms with E-state index in [0.717, 1.165) is 12.8 Å². The summed E-state index contributed by atoms with van der Waals surface area (Å²) in [6.45, 7) is 3.25. The van der Waals surface area contributed by atoms with Gasteiger partial charge in [0.05, 0.1) is 86.2 Å². The molecule has 19 nitrogen and oxygen atoms in total. The molecule has 19 heteroatoms. The first-order valence-corrected chi connectivity index (χ1v) is 22.5. The third-order valence-corrected chi connectivity index (χ3v) is 11.5. The smallest absolute Gasteiger partial charge is 0.314 e. The molecule has 0 aromatic heterocycles. The molecule has 2 saturated heterocycles. The van der Waals surface area contributed by atoms with E-state index in [2.05, 4.69) is 10.6 Å². The molecule has 2 amide bonds. The van der Waals surface area contributed by atoms with Crippen LogP contribution in [0.2, 0.25) is 0 Å². The highest BCUT2D eigenvalue weighted by Gasteiger charge is 2.48. The summed E-state index contributed by atoms with van der Waals surface area (Å²) in [5.74, 6) is -3.16. The molecule has 65 heavy (non-hydrogen) atoms. The summed E-state index contributed by atoms with van der Waals surface area (Å²) in [7, 11) is 1.37. The zero-order valence-corrected chi connectivity index (χ0v) is 37.7. The molecule has 0 radical (unpaired) electrons. The molecule has 2 bridgehead atoms. The third-order valence-electron chi connectivity index (χ3n) is 11.5. The highest BCUT2D eigenvalue weighted by atomic mass is 16.7. The predicted molar refractivity (Wildman–Crippen MR) is 238 cm³/mol. The van der Waals surface area contributed by atoms with Crippen molar-refractivity contribution in [3.8, 4) is 0 Å². The van der Waals surface area contributed by atoms with Gasteiger partial charge in [-0.1, -0.05) is 79.8 Å². The van der Waals surface area contributed by atoms with Crippen molar-refractivity contribution in [2.45, 2.75) is 182 Å². The van der Waals surface area contributed by atoms with Crippen LogP contribution in [-0.4, -0.2) is 174 Å². The Morgan fingerprint density at radius 1 is 0.738 bits per heavy atom. The van der Waals surface area contributed by atoms with E-state index in [1.165, 1.54) is 7.05 Å². The van der Waals surface area contributed by atoms with Crippen molar-refractivity contribution < 1.29 is 79.6 Å². The number of hydrogen-bond donors (Lipinski definition) is 13. The molecule has 0 aliphatic carbocycles. The van der Waals surface area contributed by atoms with Gasteiger partial charge in [0, 0.05) is 45.1 Å². The SMILES string of the molecule is CNC(=O)N[C@H]1[C@@H]2C[C@@H](O[C@@H]3OC[C@@H](O)[C@H](N)[C@@H]3O)/C=C/C=C/C=C/C=C/CC/C=C/C=C/[C@H](C)[C@@H](O)C[C@H](C)OC(=O)C[C@H](O)C[C@H](O)CC[C@@H](O)[C@H](O)C[C@H](O)C[C@](O)(C[C@@H]1O)O2. The van der Waals surface area contributed by atoms with Crippen LogP contribution in [0.15, 0.2) is 72.9 Å². The lowest BCUT2D eigenvalue weighted by Crippen LogP contribution is -2.63. The molecule has 0 spiro atoms. The van der Waals surface area contributed by atoms with Crippen molar-refractivity contribution in [3.63, 3.8) is 0 Å². The first-order chi connectivity index (χ1) is 30.8. The number of carbonyl (C=O) groups is 2. The van der Waals surface area contributed by atoms with E-state index < -0.39 is 135 Å². The van der Waals surface area contributed by atoms with Crippen LogP contribution < -0.4 is 16.4 Å². The van der Waals surface area contributed by atoms with E-state index in [9.17, 15) is 60.7 Å². The van der Waals surface area contributed by atoms with Crippen LogP contribution in [0.25, 0.3) is 0 Å². The van der Waals surface area contributed by atoms with E-state index in [1.54, 1.807) is 37.3 Å². The number of amides is 2. The van der Waals surface area contributed by atoms with Gasteiger partial charge in [-0.15, -0.1) is 0 Å². The first kappa shape index (κ1) is 55.9. The molecular formula is C46H75N3O16. The molecule has 0 saturated carbocycles. The number of aliphatic hydroxyl groups is 10. The van der Waals surface area contributed by atoms with Crippen LogP contribution in [0.1, 0.15) is 84.5 Å². The zero-order chi connectivity index (χ0) is 48.1.